The van der Waals surface area contributed by atoms with Gasteiger partial charge in [0.15, 0.2) is 5.65 Å². The Kier molecular flexibility index (Phi) is 5.83. The molecule has 0 spiro atoms. The van der Waals surface area contributed by atoms with E-state index >= 15 is 0 Å². The molecule has 3 heterocycles. The molecule has 166 valence electrons. The first kappa shape index (κ1) is 22.1. The van der Waals surface area contributed by atoms with E-state index in [4.69, 9.17) is 0 Å². The summed E-state index contributed by atoms with van der Waals surface area (Å²) in [6, 6.07) is 15.7. The summed E-state index contributed by atoms with van der Waals surface area (Å²) in [5.74, 6) is 0. The van der Waals surface area contributed by atoms with Crippen LogP contribution >= 0.6 is 12.4 Å². The van der Waals surface area contributed by atoms with E-state index in [9.17, 15) is 18.0 Å². The highest BCUT2D eigenvalue weighted by Crippen LogP contribution is 2.37. The second-order valence-electron chi connectivity index (χ2n) is 7.57. The molecular formula is C23H20ClF3N4O. The smallest absolute Gasteiger partial charge is 0.315 e. The first-order valence-electron chi connectivity index (χ1n) is 10.0. The third kappa shape index (κ3) is 3.69. The summed E-state index contributed by atoms with van der Waals surface area (Å²) in [4.78, 5) is 17.8. The number of nitrogens with one attached hydrogen (secondary N) is 1. The van der Waals surface area contributed by atoms with Gasteiger partial charge in [0.1, 0.15) is 0 Å². The minimum atomic E-state index is -4.44. The molecule has 0 bridgehead atoms. The highest BCUT2D eigenvalue weighted by molar-refractivity contribution is 5.85. The summed E-state index contributed by atoms with van der Waals surface area (Å²) >= 11 is 0. The highest BCUT2D eigenvalue weighted by atomic mass is 35.5. The number of halogens is 4. The Labute approximate surface area is 187 Å². The number of rotatable bonds is 3. The molecule has 4 aromatic rings. The number of imidazole rings is 1. The summed E-state index contributed by atoms with van der Waals surface area (Å²) in [5.41, 5.74) is 1.51. The van der Waals surface area contributed by atoms with E-state index in [-0.39, 0.29) is 29.7 Å². The summed E-state index contributed by atoms with van der Waals surface area (Å²) in [7, 11) is 0. The molecule has 1 fully saturated rings. The highest BCUT2D eigenvalue weighted by Gasteiger charge is 2.33. The van der Waals surface area contributed by atoms with Gasteiger partial charge in [-0.1, -0.05) is 30.3 Å². The predicted octanol–water partition coefficient (Wildman–Crippen LogP) is 4.83. The average molecular weight is 461 g/mol. The Hall–Kier alpha value is -3.10. The Morgan fingerprint density at radius 3 is 2.44 bits per heavy atom. The van der Waals surface area contributed by atoms with E-state index in [1.54, 1.807) is 51.7 Å². The number of alkyl halides is 3. The van der Waals surface area contributed by atoms with Gasteiger partial charge in [0.2, 0.25) is 0 Å². The molecule has 0 radical (unpaired) electrons. The topological polar surface area (TPSA) is 51.9 Å². The van der Waals surface area contributed by atoms with Gasteiger partial charge in [0.25, 0.3) is 0 Å². The molecule has 1 atom stereocenters. The van der Waals surface area contributed by atoms with Gasteiger partial charge in [-0.2, -0.15) is 13.2 Å². The lowest BCUT2D eigenvalue weighted by Gasteiger charge is -2.13. The molecule has 5 rings (SSSR count). The van der Waals surface area contributed by atoms with E-state index in [1.807, 2.05) is 6.07 Å². The minimum Gasteiger partial charge on any atom is -0.315 e. The minimum absolute atomic E-state index is 0. The maximum absolute atomic E-state index is 13.4. The van der Waals surface area contributed by atoms with Gasteiger partial charge in [-0.05, 0) is 54.4 Å². The fourth-order valence-corrected chi connectivity index (χ4v) is 4.26. The van der Waals surface area contributed by atoms with Crippen molar-refractivity contribution in [1.82, 2.24) is 19.4 Å². The molecule has 0 saturated carbocycles. The summed E-state index contributed by atoms with van der Waals surface area (Å²) in [6.45, 7) is 1.53. The van der Waals surface area contributed by atoms with E-state index in [1.165, 1.54) is 12.1 Å². The first-order valence-corrected chi connectivity index (χ1v) is 10.0. The van der Waals surface area contributed by atoms with Gasteiger partial charge < -0.3 is 5.32 Å². The second kappa shape index (κ2) is 8.44. The lowest BCUT2D eigenvalue weighted by atomic mass is 9.99. The van der Waals surface area contributed by atoms with Crippen LogP contribution in [0.25, 0.3) is 28.0 Å². The van der Waals surface area contributed by atoms with Gasteiger partial charge in [-0.3, -0.25) is 9.13 Å². The van der Waals surface area contributed by atoms with Crippen LogP contribution in [0.5, 0.6) is 0 Å². The van der Waals surface area contributed by atoms with Crippen LogP contribution in [0.1, 0.15) is 18.0 Å². The maximum atomic E-state index is 13.4. The molecule has 0 aliphatic carbocycles. The number of hydrogen-bond donors (Lipinski definition) is 1. The normalized spacial score (nSPS) is 16.3. The van der Waals surface area contributed by atoms with Gasteiger partial charge >= 0.3 is 11.9 Å². The summed E-state index contributed by atoms with van der Waals surface area (Å²) < 4.78 is 43.5. The SMILES string of the molecule is Cl.O=c1n(-c2ccc(-c3ccccc3C(F)(F)F)cc2)c2cccnc2n1[C@H]1CCNC1. The van der Waals surface area contributed by atoms with Gasteiger partial charge in [0, 0.05) is 12.7 Å². The molecule has 5 nitrogen and oxygen atoms in total. The Morgan fingerprint density at radius 1 is 1.00 bits per heavy atom. The lowest BCUT2D eigenvalue weighted by Crippen LogP contribution is -2.28. The Morgan fingerprint density at radius 2 is 1.75 bits per heavy atom. The zero-order valence-corrected chi connectivity index (χ0v) is 17.7. The molecule has 2 aromatic carbocycles. The number of nitrogens with zero attached hydrogens (tertiary/aromatic N) is 3. The molecule has 0 unspecified atom stereocenters. The zero-order chi connectivity index (χ0) is 21.6. The third-order valence-electron chi connectivity index (χ3n) is 5.70. The van der Waals surface area contributed by atoms with Crippen molar-refractivity contribution in [3.63, 3.8) is 0 Å². The molecule has 1 aliphatic heterocycles. The van der Waals surface area contributed by atoms with Crippen LogP contribution in [-0.4, -0.2) is 27.2 Å². The van der Waals surface area contributed by atoms with Crippen molar-refractivity contribution >= 4 is 23.6 Å². The van der Waals surface area contributed by atoms with Crippen molar-refractivity contribution in [2.24, 2.45) is 0 Å². The predicted molar refractivity (Wildman–Crippen MR) is 120 cm³/mol. The molecule has 1 N–H and O–H groups in total. The van der Waals surface area contributed by atoms with Crippen molar-refractivity contribution in [2.75, 3.05) is 13.1 Å². The van der Waals surface area contributed by atoms with Crippen LogP contribution < -0.4 is 11.0 Å². The molecule has 1 saturated heterocycles. The lowest BCUT2D eigenvalue weighted by molar-refractivity contribution is -0.137. The van der Waals surface area contributed by atoms with Crippen LogP contribution in [0.15, 0.2) is 71.7 Å². The third-order valence-corrected chi connectivity index (χ3v) is 5.70. The molecule has 9 heteroatoms. The van der Waals surface area contributed by atoms with Crippen molar-refractivity contribution in [1.29, 1.82) is 0 Å². The molecular weight excluding hydrogens is 441 g/mol. The van der Waals surface area contributed by atoms with E-state index in [2.05, 4.69) is 10.3 Å². The molecule has 1 aliphatic rings. The van der Waals surface area contributed by atoms with Gasteiger partial charge in [-0.15, -0.1) is 12.4 Å². The van der Waals surface area contributed by atoms with Crippen LogP contribution in [0, 0.1) is 0 Å². The van der Waals surface area contributed by atoms with Crippen molar-refractivity contribution in [3.8, 4) is 16.8 Å². The number of fused-ring (bicyclic) bond motifs is 1. The molecule has 0 amide bonds. The Balaban J connectivity index is 0.00000245. The Bertz CT molecular complexity index is 1310. The second-order valence-corrected chi connectivity index (χ2v) is 7.57. The largest absolute Gasteiger partial charge is 0.417 e. The van der Waals surface area contributed by atoms with Crippen molar-refractivity contribution < 1.29 is 13.2 Å². The first-order chi connectivity index (χ1) is 14.9. The van der Waals surface area contributed by atoms with Gasteiger partial charge in [-0.25, -0.2) is 9.78 Å². The van der Waals surface area contributed by atoms with Crippen molar-refractivity contribution in [3.05, 3.63) is 82.9 Å². The quantitative estimate of drug-likeness (QED) is 0.476. The number of pyridine rings is 1. The number of hydrogen-bond acceptors (Lipinski definition) is 3. The number of benzene rings is 2. The van der Waals surface area contributed by atoms with E-state index in [0.717, 1.165) is 19.0 Å². The van der Waals surface area contributed by atoms with Gasteiger partial charge in [0.05, 0.1) is 22.8 Å². The van der Waals surface area contributed by atoms with Crippen LogP contribution in [0.2, 0.25) is 0 Å². The average Bonchev–Trinajstić information content (AvgIpc) is 3.38. The van der Waals surface area contributed by atoms with E-state index < -0.39 is 11.7 Å². The zero-order valence-electron chi connectivity index (χ0n) is 16.8. The van der Waals surface area contributed by atoms with Crippen LogP contribution in [0.4, 0.5) is 13.2 Å². The standard InChI is InChI=1S/C23H19F3N4O.ClH/c24-23(25,26)19-5-2-1-4-18(19)15-7-9-16(10-8-15)29-20-6-3-12-28-21(20)30(22(29)31)17-11-13-27-14-17;/h1-10,12,17,27H,11,13-14H2;1H/t17-;/m0./s1. The van der Waals surface area contributed by atoms with E-state index in [0.29, 0.717) is 29.0 Å². The molecule has 2 aromatic heterocycles. The molecule has 32 heavy (non-hydrogen) atoms. The fourth-order valence-electron chi connectivity index (χ4n) is 4.26. The number of aromatic nitrogens is 3. The summed E-state index contributed by atoms with van der Waals surface area (Å²) in [5, 5.41) is 3.27. The van der Waals surface area contributed by atoms with Crippen LogP contribution in [-0.2, 0) is 6.18 Å². The van der Waals surface area contributed by atoms with Crippen molar-refractivity contribution in [2.45, 2.75) is 18.6 Å². The fraction of sp³-hybridized carbons (Fsp3) is 0.217. The monoisotopic (exact) mass is 460 g/mol. The van der Waals surface area contributed by atoms with Crippen LogP contribution in [0.3, 0.4) is 0 Å². The summed E-state index contributed by atoms with van der Waals surface area (Å²) in [6.07, 6.45) is -1.95. The maximum Gasteiger partial charge on any atom is 0.417 e.